The van der Waals surface area contributed by atoms with Gasteiger partial charge in [-0.15, -0.1) is 0 Å². The molecule has 0 saturated carbocycles. The highest BCUT2D eigenvalue weighted by atomic mass is 17.5. The Balaban J connectivity index is 2.30. The zero-order valence-corrected chi connectivity index (χ0v) is 13.1. The van der Waals surface area contributed by atoms with Crippen molar-refractivity contribution in [1.29, 1.82) is 0 Å². The van der Waals surface area contributed by atoms with Gasteiger partial charge >= 0.3 is 12.1 Å². The first-order valence-corrected chi connectivity index (χ1v) is 6.76. The smallest absolute Gasteiger partial charge is 0.432 e. The van der Waals surface area contributed by atoms with E-state index in [-0.39, 0.29) is 12.7 Å². The maximum absolute atomic E-state index is 11.7. The van der Waals surface area contributed by atoms with Crippen molar-refractivity contribution < 1.29 is 33.9 Å². The molecule has 0 aliphatic carbocycles. The summed E-state index contributed by atoms with van der Waals surface area (Å²) in [6.07, 6.45) is -0.638. The van der Waals surface area contributed by atoms with Crippen molar-refractivity contribution in [3.63, 3.8) is 0 Å². The highest BCUT2D eigenvalue weighted by Crippen LogP contribution is 2.12. The van der Waals surface area contributed by atoms with E-state index >= 15 is 0 Å². The number of carbonyl (C=O) groups excluding carboxylic acids is 2. The molecule has 0 aliphatic heterocycles. The molecule has 0 N–H and O–H groups in total. The maximum atomic E-state index is 11.7. The van der Waals surface area contributed by atoms with Crippen LogP contribution in [0.2, 0.25) is 0 Å². The largest absolute Gasteiger partial charge is 0.543 e. The maximum Gasteiger partial charge on any atom is 0.543 e. The summed E-state index contributed by atoms with van der Waals surface area (Å²) in [5.74, 6) is -0.762. The van der Waals surface area contributed by atoms with E-state index in [2.05, 4.69) is 19.6 Å². The topological polar surface area (TPSA) is 80.3 Å². The van der Waals surface area contributed by atoms with Crippen molar-refractivity contribution in [1.82, 2.24) is 0 Å². The first-order chi connectivity index (χ1) is 10.4. The van der Waals surface area contributed by atoms with Crippen molar-refractivity contribution in [2.24, 2.45) is 0 Å². The Morgan fingerprint density at radius 3 is 2.59 bits per heavy atom. The van der Waals surface area contributed by atoms with Crippen LogP contribution in [0.25, 0.3) is 0 Å². The normalized spacial score (nSPS) is 11.6. The molecule has 0 aromatic heterocycles. The van der Waals surface area contributed by atoms with Crippen LogP contribution in [-0.4, -0.2) is 31.9 Å². The molecule has 1 rings (SSSR count). The second kappa shape index (κ2) is 9.01. The average molecular weight is 312 g/mol. The molecule has 0 fully saturated rings. The molecule has 7 heteroatoms. The standard InChI is InChI=1S/C15H20O7/c1-10-5-6-11(2)13(9-10)14(16)20-22-21-15(17)19-8-7-12(3)18-4/h5-6,9,12H,7-8H2,1-4H3. The molecule has 1 atom stereocenters. The van der Waals surface area contributed by atoms with E-state index in [9.17, 15) is 9.59 Å². The Labute approximate surface area is 128 Å². The lowest BCUT2D eigenvalue weighted by atomic mass is 10.1. The van der Waals surface area contributed by atoms with Gasteiger partial charge in [0.15, 0.2) is 0 Å². The predicted octanol–water partition coefficient (Wildman–Crippen LogP) is 2.89. The first kappa shape index (κ1) is 17.9. The second-order valence-electron chi connectivity index (χ2n) is 4.77. The van der Waals surface area contributed by atoms with Gasteiger partial charge in [0.1, 0.15) is 0 Å². The van der Waals surface area contributed by atoms with Crippen LogP contribution in [0.5, 0.6) is 0 Å². The molecular weight excluding hydrogens is 292 g/mol. The lowest BCUT2D eigenvalue weighted by molar-refractivity contribution is -0.452. The highest BCUT2D eigenvalue weighted by Gasteiger charge is 2.14. The van der Waals surface area contributed by atoms with Crippen molar-refractivity contribution in [3.8, 4) is 0 Å². The van der Waals surface area contributed by atoms with E-state index in [0.717, 1.165) is 11.1 Å². The van der Waals surface area contributed by atoms with Crippen LogP contribution in [0.4, 0.5) is 4.79 Å². The molecule has 122 valence electrons. The summed E-state index contributed by atoms with van der Waals surface area (Å²) in [6.45, 7) is 5.52. The van der Waals surface area contributed by atoms with Crippen LogP contribution in [-0.2, 0) is 24.3 Å². The van der Waals surface area contributed by atoms with E-state index in [1.807, 2.05) is 19.9 Å². The molecule has 1 unspecified atom stereocenters. The van der Waals surface area contributed by atoms with Gasteiger partial charge in [0.05, 0.1) is 23.3 Å². The minimum Gasteiger partial charge on any atom is -0.432 e. The number of aryl methyl sites for hydroxylation is 2. The summed E-state index contributed by atoms with van der Waals surface area (Å²) in [5, 5.41) is 4.14. The Morgan fingerprint density at radius 1 is 1.18 bits per heavy atom. The van der Waals surface area contributed by atoms with Gasteiger partial charge in [-0.05, 0) is 32.4 Å². The van der Waals surface area contributed by atoms with E-state index in [1.54, 1.807) is 26.2 Å². The summed E-state index contributed by atoms with van der Waals surface area (Å²) in [4.78, 5) is 31.5. The lowest BCUT2D eigenvalue weighted by Gasteiger charge is -2.09. The van der Waals surface area contributed by atoms with E-state index in [4.69, 9.17) is 4.74 Å². The number of ether oxygens (including phenoxy) is 2. The van der Waals surface area contributed by atoms with E-state index in [1.165, 1.54) is 0 Å². The third-order valence-electron chi connectivity index (χ3n) is 2.97. The number of methoxy groups -OCH3 is 1. The molecule has 7 nitrogen and oxygen atoms in total. The summed E-state index contributed by atoms with van der Waals surface area (Å²) in [6, 6.07) is 5.28. The summed E-state index contributed by atoms with van der Waals surface area (Å²) in [5.41, 5.74) is 1.94. The van der Waals surface area contributed by atoms with Crippen LogP contribution >= 0.6 is 0 Å². The molecule has 0 amide bonds. The van der Waals surface area contributed by atoms with Crippen molar-refractivity contribution in [2.45, 2.75) is 33.3 Å². The quantitative estimate of drug-likeness (QED) is 0.435. The SMILES string of the molecule is COC(C)CCOC(=O)OOOC(=O)c1cc(C)ccc1C. The summed E-state index contributed by atoms with van der Waals surface area (Å²) >= 11 is 0. The van der Waals surface area contributed by atoms with Gasteiger partial charge in [-0.1, -0.05) is 17.7 Å². The fourth-order valence-corrected chi connectivity index (χ4v) is 1.53. The number of benzene rings is 1. The molecule has 1 aromatic carbocycles. The molecule has 0 aliphatic rings. The van der Waals surface area contributed by atoms with Crippen molar-refractivity contribution in [3.05, 3.63) is 34.9 Å². The second-order valence-corrected chi connectivity index (χ2v) is 4.77. The van der Waals surface area contributed by atoms with Gasteiger partial charge in [0, 0.05) is 13.5 Å². The number of rotatable bonds is 7. The van der Waals surface area contributed by atoms with Crippen LogP contribution in [0.1, 0.15) is 34.8 Å². The summed E-state index contributed by atoms with van der Waals surface area (Å²) in [7, 11) is 1.55. The Morgan fingerprint density at radius 2 is 1.91 bits per heavy atom. The molecule has 0 radical (unpaired) electrons. The predicted molar refractivity (Wildman–Crippen MR) is 75.9 cm³/mol. The van der Waals surface area contributed by atoms with Gasteiger partial charge in [0.2, 0.25) is 0 Å². The fourth-order valence-electron chi connectivity index (χ4n) is 1.53. The highest BCUT2D eigenvalue weighted by molar-refractivity contribution is 5.90. The monoisotopic (exact) mass is 312 g/mol. The van der Waals surface area contributed by atoms with E-state index < -0.39 is 12.1 Å². The third-order valence-corrected chi connectivity index (χ3v) is 2.97. The first-order valence-electron chi connectivity index (χ1n) is 6.76. The van der Waals surface area contributed by atoms with Gasteiger partial charge in [-0.3, -0.25) is 4.89 Å². The third kappa shape index (κ3) is 6.11. The minimum atomic E-state index is -1.10. The molecule has 0 saturated heterocycles. The van der Waals surface area contributed by atoms with Crippen LogP contribution in [0.15, 0.2) is 18.2 Å². The molecule has 0 bridgehead atoms. The number of hydrogen-bond acceptors (Lipinski definition) is 7. The van der Waals surface area contributed by atoms with Crippen molar-refractivity contribution in [2.75, 3.05) is 13.7 Å². The van der Waals surface area contributed by atoms with Gasteiger partial charge in [0.25, 0.3) is 0 Å². The zero-order chi connectivity index (χ0) is 16.5. The Kier molecular flexibility index (Phi) is 7.34. The lowest BCUT2D eigenvalue weighted by Crippen LogP contribution is -2.15. The Hall–Kier alpha value is -2.12. The van der Waals surface area contributed by atoms with Gasteiger partial charge in [-0.2, -0.15) is 0 Å². The van der Waals surface area contributed by atoms with Crippen molar-refractivity contribution >= 4 is 12.1 Å². The molecule has 0 spiro atoms. The Bertz CT molecular complexity index is 513. The van der Waals surface area contributed by atoms with E-state index in [0.29, 0.717) is 12.0 Å². The van der Waals surface area contributed by atoms with Gasteiger partial charge < -0.3 is 9.47 Å². The minimum absolute atomic E-state index is 0.0455. The molecule has 22 heavy (non-hydrogen) atoms. The number of carbonyl (C=O) groups is 2. The molecule has 0 heterocycles. The molecular formula is C15H20O7. The molecule has 1 aromatic rings. The van der Waals surface area contributed by atoms with Gasteiger partial charge in [-0.25, -0.2) is 14.5 Å². The number of hydrogen-bond donors (Lipinski definition) is 0. The zero-order valence-electron chi connectivity index (χ0n) is 13.1. The average Bonchev–Trinajstić information content (AvgIpc) is 2.49. The van der Waals surface area contributed by atoms with Crippen LogP contribution < -0.4 is 0 Å². The van der Waals surface area contributed by atoms with Crippen LogP contribution in [0, 0.1) is 13.8 Å². The van der Waals surface area contributed by atoms with Crippen LogP contribution in [0.3, 0.4) is 0 Å². The fraction of sp³-hybridized carbons (Fsp3) is 0.467. The summed E-state index contributed by atoms with van der Waals surface area (Å²) < 4.78 is 9.67.